The fraction of sp³-hybridized carbons (Fsp3) is 0.345. The van der Waals surface area contributed by atoms with Crippen LogP contribution < -0.4 is 25.4 Å². The number of urea groups is 1. The fourth-order valence-electron chi connectivity index (χ4n) is 4.13. The van der Waals surface area contributed by atoms with Crippen molar-refractivity contribution in [3.63, 3.8) is 0 Å². The van der Waals surface area contributed by atoms with E-state index in [1.54, 1.807) is 31.3 Å². The first-order valence-corrected chi connectivity index (χ1v) is 13.4. The molecule has 4 rings (SSSR count). The summed E-state index contributed by atoms with van der Waals surface area (Å²) in [5.41, 5.74) is 3.52. The Hall–Kier alpha value is -3.86. The highest BCUT2D eigenvalue weighted by Crippen LogP contribution is 2.31. The number of anilines is 1. The number of nitrogens with one attached hydrogen (secondary N) is 3. The predicted molar refractivity (Wildman–Crippen MR) is 154 cm³/mol. The van der Waals surface area contributed by atoms with Crippen LogP contribution in [0.2, 0.25) is 5.02 Å². The van der Waals surface area contributed by atoms with Crippen molar-refractivity contribution in [3.8, 4) is 17.2 Å². The van der Waals surface area contributed by atoms with Gasteiger partial charge in [-0.2, -0.15) is 0 Å². The lowest BCUT2D eigenvalue weighted by molar-refractivity contribution is 0.0323. The molecule has 10 nitrogen and oxygen atoms in total. The number of carbonyl (C=O) groups is 2. The summed E-state index contributed by atoms with van der Waals surface area (Å²) in [6, 6.07) is 12.0. The van der Waals surface area contributed by atoms with Crippen molar-refractivity contribution in [1.82, 2.24) is 20.5 Å². The molecule has 0 aliphatic carbocycles. The van der Waals surface area contributed by atoms with Crippen LogP contribution in [0.15, 0.2) is 48.7 Å². The fourth-order valence-corrected chi connectivity index (χ4v) is 4.28. The first kappa shape index (κ1) is 29.1. The highest BCUT2D eigenvalue weighted by atomic mass is 35.5. The zero-order valence-corrected chi connectivity index (χ0v) is 23.6. The maximum absolute atomic E-state index is 12.8. The molecule has 0 saturated carbocycles. The molecule has 1 aliphatic rings. The van der Waals surface area contributed by atoms with E-state index in [2.05, 4.69) is 25.8 Å². The molecule has 1 fully saturated rings. The van der Waals surface area contributed by atoms with Gasteiger partial charge in [0.05, 0.1) is 18.9 Å². The zero-order valence-electron chi connectivity index (χ0n) is 22.9. The summed E-state index contributed by atoms with van der Waals surface area (Å²) >= 11 is 6.33. The molecule has 212 valence electrons. The van der Waals surface area contributed by atoms with Gasteiger partial charge in [-0.1, -0.05) is 17.7 Å². The Balaban J connectivity index is 1.33. The maximum Gasteiger partial charge on any atom is 0.319 e. The van der Waals surface area contributed by atoms with Crippen LogP contribution in [0.25, 0.3) is 0 Å². The number of aromatic nitrogens is 1. The van der Waals surface area contributed by atoms with Gasteiger partial charge in [-0.3, -0.25) is 14.7 Å². The summed E-state index contributed by atoms with van der Waals surface area (Å²) in [6.07, 6.45) is 1.52. The van der Waals surface area contributed by atoms with Crippen molar-refractivity contribution in [2.75, 3.05) is 51.8 Å². The molecule has 3 aromatic rings. The second-order valence-electron chi connectivity index (χ2n) is 9.35. The molecule has 2 heterocycles. The van der Waals surface area contributed by atoms with Gasteiger partial charge in [-0.05, 0) is 54.8 Å². The molecule has 1 aliphatic heterocycles. The Bertz CT molecular complexity index is 1350. The van der Waals surface area contributed by atoms with Crippen LogP contribution in [0.5, 0.6) is 17.2 Å². The lowest BCUT2D eigenvalue weighted by Crippen LogP contribution is -2.38. The quantitative estimate of drug-likeness (QED) is 0.330. The lowest BCUT2D eigenvalue weighted by Gasteiger charge is -2.26. The summed E-state index contributed by atoms with van der Waals surface area (Å²) in [7, 11) is 1.55. The molecule has 0 unspecified atom stereocenters. The SMILES string of the molecule is CNC(=O)c1cc(Oc2ccc(CNC(=O)Nc3cc(C)c(Cl)cc3OCCN3CCOCC3)c(C)c2)ccn1. The Morgan fingerprint density at radius 2 is 1.82 bits per heavy atom. The van der Waals surface area contributed by atoms with Gasteiger partial charge in [-0.25, -0.2) is 4.79 Å². The van der Waals surface area contributed by atoms with E-state index >= 15 is 0 Å². The van der Waals surface area contributed by atoms with Crippen LogP contribution in [0, 0.1) is 13.8 Å². The van der Waals surface area contributed by atoms with E-state index in [9.17, 15) is 9.59 Å². The third-order valence-electron chi connectivity index (χ3n) is 6.46. The van der Waals surface area contributed by atoms with Crippen molar-refractivity contribution in [2.45, 2.75) is 20.4 Å². The number of hydrogen-bond donors (Lipinski definition) is 3. The monoisotopic (exact) mass is 567 g/mol. The number of nitrogens with zero attached hydrogens (tertiary/aromatic N) is 2. The van der Waals surface area contributed by atoms with Crippen LogP contribution in [0.3, 0.4) is 0 Å². The van der Waals surface area contributed by atoms with Crippen molar-refractivity contribution in [3.05, 3.63) is 76.1 Å². The van der Waals surface area contributed by atoms with Crippen LogP contribution in [-0.4, -0.2) is 68.3 Å². The summed E-state index contributed by atoms with van der Waals surface area (Å²) in [6.45, 7) is 8.56. The number of aryl methyl sites for hydroxylation is 2. The molecule has 2 aromatic carbocycles. The van der Waals surface area contributed by atoms with E-state index in [4.69, 9.17) is 25.8 Å². The molecule has 0 radical (unpaired) electrons. The van der Waals surface area contributed by atoms with Crippen molar-refractivity contribution >= 4 is 29.2 Å². The molecule has 3 N–H and O–H groups in total. The number of halogens is 1. The zero-order chi connectivity index (χ0) is 28.5. The van der Waals surface area contributed by atoms with E-state index in [1.807, 2.05) is 32.0 Å². The third-order valence-corrected chi connectivity index (χ3v) is 6.87. The summed E-state index contributed by atoms with van der Waals surface area (Å²) in [5, 5.41) is 8.90. The first-order chi connectivity index (χ1) is 19.3. The average molecular weight is 568 g/mol. The largest absolute Gasteiger partial charge is 0.490 e. The number of rotatable bonds is 10. The number of hydrogen-bond acceptors (Lipinski definition) is 7. The summed E-state index contributed by atoms with van der Waals surface area (Å²) in [4.78, 5) is 30.9. The van der Waals surface area contributed by atoms with E-state index < -0.39 is 0 Å². The highest BCUT2D eigenvalue weighted by molar-refractivity contribution is 6.31. The Labute approximate surface area is 239 Å². The number of morpholine rings is 1. The van der Waals surface area contributed by atoms with Crippen LogP contribution in [0.4, 0.5) is 10.5 Å². The molecular formula is C29H34ClN5O5. The lowest BCUT2D eigenvalue weighted by atomic mass is 10.1. The maximum atomic E-state index is 12.8. The molecule has 0 atom stereocenters. The van der Waals surface area contributed by atoms with Crippen molar-refractivity contribution < 1.29 is 23.8 Å². The molecule has 40 heavy (non-hydrogen) atoms. The minimum atomic E-state index is -0.363. The van der Waals surface area contributed by atoms with Gasteiger partial charge in [0.15, 0.2) is 0 Å². The van der Waals surface area contributed by atoms with Crippen molar-refractivity contribution in [1.29, 1.82) is 0 Å². The highest BCUT2D eigenvalue weighted by Gasteiger charge is 2.14. The topological polar surface area (TPSA) is 114 Å². The molecule has 3 amide bonds. The van der Waals surface area contributed by atoms with Crippen molar-refractivity contribution in [2.24, 2.45) is 0 Å². The van der Waals surface area contributed by atoms with Gasteiger partial charge in [-0.15, -0.1) is 0 Å². The second-order valence-corrected chi connectivity index (χ2v) is 9.76. The van der Waals surface area contributed by atoms with Gasteiger partial charge >= 0.3 is 6.03 Å². The Kier molecular flexibility index (Phi) is 10.2. The number of carbonyl (C=O) groups excluding carboxylic acids is 2. The minimum absolute atomic E-state index is 0.269. The van der Waals surface area contributed by atoms with Gasteiger partial charge in [0.2, 0.25) is 0 Å². The molecule has 0 bridgehead atoms. The molecule has 11 heteroatoms. The Morgan fingerprint density at radius 3 is 2.58 bits per heavy atom. The minimum Gasteiger partial charge on any atom is -0.490 e. The average Bonchev–Trinajstić information content (AvgIpc) is 2.95. The van der Waals surface area contributed by atoms with Crippen LogP contribution in [-0.2, 0) is 11.3 Å². The summed E-state index contributed by atoms with van der Waals surface area (Å²) < 4.78 is 17.3. The van der Waals surface area contributed by atoms with Gasteiger partial charge < -0.3 is 30.2 Å². The van der Waals surface area contributed by atoms with E-state index in [0.717, 1.165) is 49.5 Å². The number of amides is 3. The van der Waals surface area contributed by atoms with Crippen LogP contribution in [0.1, 0.15) is 27.2 Å². The first-order valence-electron chi connectivity index (χ1n) is 13.1. The standard InChI is InChI=1S/C29H34ClN5O5/c1-19-14-22(40-23-6-7-32-26(16-23)28(36)31-3)5-4-21(19)18-33-29(37)34-25-15-20(2)24(30)17-27(25)39-13-10-35-8-11-38-12-9-35/h4-7,14-17H,8-13,18H2,1-3H3,(H,31,36)(H2,33,34,37). The molecule has 1 saturated heterocycles. The van der Waals surface area contributed by atoms with Gasteiger partial charge in [0, 0.05) is 56.6 Å². The van der Waals surface area contributed by atoms with Crippen LogP contribution >= 0.6 is 11.6 Å². The normalized spacial score (nSPS) is 13.4. The smallest absolute Gasteiger partial charge is 0.319 e. The van der Waals surface area contributed by atoms with Gasteiger partial charge in [0.1, 0.15) is 29.5 Å². The third kappa shape index (κ3) is 8.08. The van der Waals surface area contributed by atoms with E-state index in [1.165, 1.54) is 6.20 Å². The van der Waals surface area contributed by atoms with Gasteiger partial charge in [0.25, 0.3) is 5.91 Å². The second kappa shape index (κ2) is 14.0. The molecule has 0 spiro atoms. The molecule has 1 aromatic heterocycles. The number of ether oxygens (including phenoxy) is 3. The van der Waals surface area contributed by atoms with E-state index in [-0.39, 0.29) is 17.6 Å². The molecular weight excluding hydrogens is 534 g/mol. The Morgan fingerprint density at radius 1 is 1.05 bits per heavy atom. The van der Waals surface area contributed by atoms with E-state index in [0.29, 0.717) is 41.1 Å². The predicted octanol–water partition coefficient (Wildman–Crippen LogP) is 4.54. The summed E-state index contributed by atoms with van der Waals surface area (Å²) in [5.74, 6) is 1.34. The number of benzene rings is 2. The number of pyridine rings is 1.